The molecule has 4 aromatic heterocycles. The average molecular weight is 1220 g/mol. The van der Waals surface area contributed by atoms with Crippen molar-refractivity contribution in [2.45, 2.75) is 89.1 Å². The van der Waals surface area contributed by atoms with E-state index in [1.807, 2.05) is 17.0 Å². The second-order valence-corrected chi connectivity index (χ2v) is 24.1. The lowest BCUT2D eigenvalue weighted by molar-refractivity contribution is -0.152. The third-order valence-electron chi connectivity index (χ3n) is 18.2. The molecule has 2 aromatic carbocycles. The number of fused-ring (bicyclic) bond motifs is 4. The number of carbonyl (C=O) groups excluding carboxylic acids is 7. The second-order valence-electron chi connectivity index (χ2n) is 24.1. The zero-order valence-electron chi connectivity index (χ0n) is 49.7. The molecule has 2 saturated heterocycles. The Bertz CT molecular complexity index is 3630. The molecular weight excluding hydrogens is 1150 g/mol. The average Bonchev–Trinajstić information content (AvgIpc) is 1.50. The Morgan fingerprint density at radius 1 is 0.841 bits per heavy atom. The molecule has 0 bridgehead atoms. The largest absolute Gasteiger partial charge is 0.468 e. The van der Waals surface area contributed by atoms with Crippen LogP contribution in [0.25, 0.3) is 32.9 Å². The number of carbonyl (C=O) groups is 7. The molecule has 6 heterocycles. The van der Waals surface area contributed by atoms with Crippen LogP contribution in [0.4, 0.5) is 18.9 Å². The van der Waals surface area contributed by atoms with E-state index in [0.717, 1.165) is 5.52 Å². The summed E-state index contributed by atoms with van der Waals surface area (Å²) in [5, 5.41) is 30.1. The van der Waals surface area contributed by atoms with Gasteiger partial charge in [-0.1, -0.05) is 19.1 Å². The number of nitrogens with zero attached hydrogens (tertiary/aromatic N) is 10. The highest BCUT2D eigenvalue weighted by Crippen LogP contribution is 2.70. The van der Waals surface area contributed by atoms with Crippen LogP contribution in [0, 0.1) is 22.6 Å². The van der Waals surface area contributed by atoms with Crippen LogP contribution in [0.3, 0.4) is 0 Å². The highest BCUT2D eigenvalue weighted by atomic mass is 19.3. The molecule has 2 aliphatic heterocycles. The molecule has 0 unspecified atom stereocenters. The van der Waals surface area contributed by atoms with E-state index in [0.29, 0.717) is 128 Å². The zero-order chi connectivity index (χ0) is 62.1. The molecule has 88 heavy (non-hydrogen) atoms. The summed E-state index contributed by atoms with van der Waals surface area (Å²) in [5.41, 5.74) is 3.53. The number of hydrogen-bond donors (Lipinski definition) is 4. The van der Waals surface area contributed by atoms with Crippen molar-refractivity contribution in [3.63, 3.8) is 0 Å². The Morgan fingerprint density at radius 2 is 1.57 bits per heavy atom. The number of likely N-dealkylation sites (tertiary alicyclic amines) is 2. The van der Waals surface area contributed by atoms with Gasteiger partial charge < -0.3 is 49.6 Å². The number of nitrogens with one attached hydrogen (secondary N) is 4. The highest BCUT2D eigenvalue weighted by Gasteiger charge is 2.78. The molecule has 470 valence electrons. The molecule has 4 fully saturated rings. The second kappa shape index (κ2) is 25.5. The molecule has 28 heteroatoms. The van der Waals surface area contributed by atoms with Crippen LogP contribution in [0.2, 0.25) is 0 Å². The molecule has 4 N–H and O–H groups in total. The summed E-state index contributed by atoms with van der Waals surface area (Å²) >= 11 is 0. The van der Waals surface area contributed by atoms with Gasteiger partial charge in [-0.15, -0.1) is 0 Å². The number of anilines is 1. The van der Waals surface area contributed by atoms with Crippen LogP contribution < -0.4 is 16.0 Å². The number of benzene rings is 2. The first-order valence-electron chi connectivity index (χ1n) is 29.8. The van der Waals surface area contributed by atoms with E-state index in [1.54, 1.807) is 63.6 Å². The number of H-pyrrole nitrogens is 1. The van der Waals surface area contributed by atoms with E-state index >= 15 is 4.39 Å². The Labute approximate surface area is 504 Å². The van der Waals surface area contributed by atoms with Crippen molar-refractivity contribution in [3.05, 3.63) is 77.4 Å². The molecule has 0 radical (unpaired) electrons. The van der Waals surface area contributed by atoms with E-state index < -0.39 is 46.8 Å². The van der Waals surface area contributed by atoms with Gasteiger partial charge >= 0.3 is 5.97 Å². The number of aromatic nitrogens is 8. The van der Waals surface area contributed by atoms with Gasteiger partial charge in [-0.25, -0.2) is 13.2 Å². The van der Waals surface area contributed by atoms with Crippen molar-refractivity contribution in [1.82, 2.24) is 64.9 Å². The van der Waals surface area contributed by atoms with Gasteiger partial charge in [-0.05, 0) is 55.9 Å². The van der Waals surface area contributed by atoms with E-state index in [4.69, 9.17) is 19.3 Å². The van der Waals surface area contributed by atoms with Crippen LogP contribution in [0.15, 0.2) is 48.9 Å². The Balaban J connectivity index is 0.540. The summed E-state index contributed by atoms with van der Waals surface area (Å²) in [6.45, 7) is 4.88. The smallest absolute Gasteiger partial charge is 0.325 e. The highest BCUT2D eigenvalue weighted by molar-refractivity contribution is 6.04. The van der Waals surface area contributed by atoms with E-state index in [2.05, 4.69) is 41.1 Å². The monoisotopic (exact) mass is 1220 g/mol. The summed E-state index contributed by atoms with van der Waals surface area (Å²) in [7, 11) is 4.47. The quantitative estimate of drug-likeness (QED) is 0.0442. The molecule has 5 aliphatic rings. The molecule has 1 spiro atoms. The first kappa shape index (κ1) is 61.4. The predicted octanol–water partition coefficient (Wildman–Crippen LogP) is 3.92. The number of hydrogen-bond acceptors (Lipinski definition) is 15. The van der Waals surface area contributed by atoms with Gasteiger partial charge in [0.2, 0.25) is 29.5 Å². The summed E-state index contributed by atoms with van der Waals surface area (Å²) in [5.74, 6) is -6.48. The van der Waals surface area contributed by atoms with Gasteiger partial charge in [-0.3, -0.25) is 52.7 Å². The number of rotatable bonds is 26. The van der Waals surface area contributed by atoms with E-state index in [9.17, 15) is 42.3 Å². The summed E-state index contributed by atoms with van der Waals surface area (Å²) < 4.78 is 71.2. The SMILES string of the molecule is COC(=O)CNC(=O)CN(C)C(=O)Cn1nc(C2CC3(C2)CN(C(=O)CCC(=O)NCCOCCOCCOCCC(=O)N2CCC(n4cc(NC(=O)c5n[nH]c6c5C[C@H]5C(F)(F)[C@@]5(C)C6)cn4)CC2)C3)c2c(-c3cc4c(cnn4C)cc3F)cccc21. The minimum Gasteiger partial charge on any atom is -0.468 e. The lowest BCUT2D eigenvalue weighted by Crippen LogP contribution is -2.63. The van der Waals surface area contributed by atoms with Gasteiger partial charge in [-0.2, -0.15) is 20.4 Å². The summed E-state index contributed by atoms with van der Waals surface area (Å²) in [6, 6.07) is 8.70. The number of methoxy groups -OCH3 is 1. The number of amides is 6. The zero-order valence-corrected chi connectivity index (χ0v) is 49.7. The minimum absolute atomic E-state index is 0.00813. The molecule has 2 atom stereocenters. The first-order valence-corrected chi connectivity index (χ1v) is 29.8. The fraction of sp³-hybridized carbons (Fsp3) is 0.550. The maximum absolute atomic E-state index is 16.0. The van der Waals surface area contributed by atoms with Crippen LogP contribution in [0.1, 0.15) is 91.3 Å². The number of piperidine rings is 1. The van der Waals surface area contributed by atoms with E-state index in [1.165, 1.54) is 25.1 Å². The molecule has 25 nitrogen and oxygen atoms in total. The van der Waals surface area contributed by atoms with E-state index in [-0.39, 0.29) is 112 Å². The molecular formula is C60H73F3N14O11. The molecule has 2 saturated carbocycles. The Morgan fingerprint density at radius 3 is 2.32 bits per heavy atom. The lowest BCUT2D eigenvalue weighted by Gasteiger charge is -2.59. The van der Waals surface area contributed by atoms with Gasteiger partial charge in [0.1, 0.15) is 18.9 Å². The standard InChI is InChI=1S/C60H73F3N14O11/c1-58-27-44-42(24-47(58)60(58,62)63)56(70-69-44)57(84)68-38-29-67-76(31-38)39-10-14-74(15-11-39)51(81)12-16-86-18-20-88-21-19-87-17-13-64-48(78)8-9-50(80)75-34-59(35-75)25-37(26-59)55-54-40(41-23-46-36(22-43(41)61)28-66-73(46)3)6-5-7-45(54)77(71-55)33-52(82)72(2)32-49(79)65-30-53(83)85-4/h5-7,22-23,28-29,31,37,39,47H,8-21,24-27,30,32-35H2,1-4H3,(H,64,78)(H,65,79)(H,68,84)(H,69,70)/t47-,58+/m1/s1. The van der Waals surface area contributed by atoms with Crippen LogP contribution in [0.5, 0.6) is 0 Å². The van der Waals surface area contributed by atoms with Crippen molar-refractivity contribution in [2.24, 2.45) is 23.8 Å². The number of halogens is 3. The van der Waals surface area contributed by atoms with Crippen molar-refractivity contribution >= 4 is 68.9 Å². The molecule has 6 amide bonds. The van der Waals surface area contributed by atoms with Crippen molar-refractivity contribution in [1.29, 1.82) is 0 Å². The third-order valence-corrected chi connectivity index (χ3v) is 18.2. The van der Waals surface area contributed by atoms with Crippen LogP contribution in [-0.2, 0) is 74.1 Å². The lowest BCUT2D eigenvalue weighted by atomic mass is 9.56. The summed E-state index contributed by atoms with van der Waals surface area (Å²) in [6.07, 6.45) is 8.24. The predicted molar refractivity (Wildman–Crippen MR) is 310 cm³/mol. The number of esters is 1. The number of alkyl halides is 2. The number of likely N-dealkylation sites (N-methyl/N-ethyl adjacent to an activating group) is 1. The fourth-order valence-electron chi connectivity index (χ4n) is 13.1. The number of ether oxygens (including phenoxy) is 4. The molecule has 3 aliphatic carbocycles. The number of aromatic amines is 1. The van der Waals surface area contributed by atoms with Gasteiger partial charge in [0.05, 0.1) is 101 Å². The van der Waals surface area contributed by atoms with Gasteiger partial charge in [0.15, 0.2) is 5.69 Å². The Hall–Kier alpha value is -8.24. The van der Waals surface area contributed by atoms with Gasteiger partial charge in [0.25, 0.3) is 11.8 Å². The van der Waals surface area contributed by atoms with Crippen LogP contribution >= 0.6 is 0 Å². The van der Waals surface area contributed by atoms with Crippen molar-refractivity contribution < 1.29 is 65.7 Å². The normalized spacial score (nSPS) is 19.2. The van der Waals surface area contributed by atoms with Crippen molar-refractivity contribution in [2.75, 3.05) is 105 Å². The van der Waals surface area contributed by atoms with Gasteiger partial charge in [0, 0.05) is 123 Å². The molecule has 6 aromatic rings. The van der Waals surface area contributed by atoms with Crippen molar-refractivity contribution in [3.8, 4) is 11.1 Å². The Kier molecular flexibility index (Phi) is 17.8. The maximum Gasteiger partial charge on any atom is 0.325 e. The fourth-order valence-corrected chi connectivity index (χ4v) is 13.1. The topological polar surface area (TPSA) is 284 Å². The minimum atomic E-state index is -2.75. The summed E-state index contributed by atoms with van der Waals surface area (Å²) in [4.78, 5) is 94.3. The molecule has 11 rings (SSSR count). The maximum atomic E-state index is 16.0. The number of aryl methyl sites for hydroxylation is 1. The van der Waals surface area contributed by atoms with Crippen LogP contribution in [-0.4, -0.2) is 201 Å². The third kappa shape index (κ3) is 12.7. The first-order chi connectivity index (χ1) is 42.2.